The molecule has 9 nitrogen and oxygen atoms in total. The van der Waals surface area contributed by atoms with Crippen molar-refractivity contribution in [1.82, 2.24) is 25.4 Å². The minimum absolute atomic E-state index is 0.0737. The van der Waals surface area contributed by atoms with Crippen LogP contribution in [0.3, 0.4) is 0 Å². The summed E-state index contributed by atoms with van der Waals surface area (Å²) in [6, 6.07) is 7.81. The van der Waals surface area contributed by atoms with Gasteiger partial charge < -0.3 is 10.4 Å². The molecule has 4 rings (SSSR count). The number of thioether (sulfide) groups is 2. The molecule has 0 bridgehead atoms. The van der Waals surface area contributed by atoms with Gasteiger partial charge in [-0.3, -0.25) is 19.6 Å². The zero-order chi connectivity index (χ0) is 19.0. The number of nitrogens with one attached hydrogen (secondary N) is 2. The molecule has 2 aliphatic heterocycles. The van der Waals surface area contributed by atoms with E-state index >= 15 is 0 Å². The fourth-order valence-electron chi connectivity index (χ4n) is 2.84. The van der Waals surface area contributed by atoms with E-state index in [1.807, 2.05) is 0 Å². The van der Waals surface area contributed by atoms with Crippen molar-refractivity contribution in [3.8, 4) is 0 Å². The smallest absolute Gasteiger partial charge is 0.353 e. The third-order valence-corrected chi connectivity index (χ3v) is 6.51. The van der Waals surface area contributed by atoms with Crippen molar-refractivity contribution < 1.29 is 19.5 Å². The number of hydrogen-bond acceptors (Lipinski definition) is 7. The van der Waals surface area contributed by atoms with Crippen LogP contribution in [0.1, 0.15) is 10.4 Å². The second kappa shape index (κ2) is 7.08. The topological polar surface area (TPSA) is 128 Å². The lowest BCUT2D eigenvalue weighted by molar-refractivity contribution is -0.148. The fraction of sp³-hybridized carbons (Fsp3) is 0.188. The van der Waals surface area contributed by atoms with E-state index < -0.39 is 23.3 Å². The van der Waals surface area contributed by atoms with E-state index in [9.17, 15) is 19.5 Å². The molecule has 11 heteroatoms. The van der Waals surface area contributed by atoms with Gasteiger partial charge >= 0.3 is 5.97 Å². The highest BCUT2D eigenvalue weighted by Gasteiger charge is 2.54. The predicted octanol–water partition coefficient (Wildman–Crippen LogP) is 0.907. The summed E-state index contributed by atoms with van der Waals surface area (Å²) in [5.41, 5.74) is 0.371. The number of amides is 2. The molecule has 0 aliphatic carbocycles. The number of hydrogen-bond donors (Lipinski definition) is 3. The van der Waals surface area contributed by atoms with Gasteiger partial charge in [-0.05, 0) is 12.1 Å². The van der Waals surface area contributed by atoms with Gasteiger partial charge in [0.15, 0.2) is 5.16 Å². The average molecular weight is 403 g/mol. The zero-order valence-electron chi connectivity index (χ0n) is 13.7. The van der Waals surface area contributed by atoms with Crippen molar-refractivity contribution >= 4 is 41.3 Å². The molecule has 2 aliphatic rings. The largest absolute Gasteiger partial charge is 0.477 e. The monoisotopic (exact) mass is 403 g/mol. The van der Waals surface area contributed by atoms with Crippen LogP contribution in [0.2, 0.25) is 0 Å². The Hall–Kier alpha value is -2.79. The molecule has 2 aromatic rings. The molecule has 0 saturated carbocycles. The lowest BCUT2D eigenvalue weighted by atomic mass is 10.0. The van der Waals surface area contributed by atoms with Gasteiger partial charge in [0.1, 0.15) is 23.4 Å². The van der Waals surface area contributed by atoms with Crippen molar-refractivity contribution in [3.05, 3.63) is 52.8 Å². The Morgan fingerprint density at radius 2 is 2.11 bits per heavy atom. The molecule has 0 unspecified atom stereocenters. The summed E-state index contributed by atoms with van der Waals surface area (Å²) in [4.78, 5) is 42.4. The Balaban J connectivity index is 1.53. The minimum Gasteiger partial charge on any atom is -0.477 e. The quantitative estimate of drug-likeness (QED) is 0.629. The van der Waals surface area contributed by atoms with E-state index in [1.165, 1.54) is 23.0 Å². The Morgan fingerprint density at radius 3 is 2.78 bits per heavy atom. The second-order valence-corrected chi connectivity index (χ2v) is 7.89. The molecule has 3 N–H and O–H groups in total. The number of carbonyl (C=O) groups excluding carboxylic acids is 2. The predicted molar refractivity (Wildman–Crippen MR) is 97.7 cm³/mol. The summed E-state index contributed by atoms with van der Waals surface area (Å²) in [6.07, 6.45) is 1.33. The first-order valence-electron chi connectivity index (χ1n) is 7.86. The maximum Gasteiger partial charge on any atom is 0.353 e. The first-order chi connectivity index (χ1) is 13.1. The van der Waals surface area contributed by atoms with E-state index in [0.717, 1.165) is 11.8 Å². The number of rotatable bonds is 5. The van der Waals surface area contributed by atoms with Gasteiger partial charge in [-0.25, -0.2) is 9.78 Å². The van der Waals surface area contributed by atoms with Gasteiger partial charge in [0.25, 0.3) is 11.8 Å². The highest BCUT2D eigenvalue weighted by molar-refractivity contribution is 8.06. The van der Waals surface area contributed by atoms with Crippen molar-refractivity contribution in [3.63, 3.8) is 0 Å². The van der Waals surface area contributed by atoms with Crippen molar-refractivity contribution in [2.45, 2.75) is 16.6 Å². The Morgan fingerprint density at radius 1 is 1.33 bits per heavy atom. The van der Waals surface area contributed by atoms with Crippen LogP contribution >= 0.6 is 23.5 Å². The molecule has 27 heavy (non-hydrogen) atoms. The lowest BCUT2D eigenvalue weighted by Gasteiger charge is -2.49. The summed E-state index contributed by atoms with van der Waals surface area (Å²) in [7, 11) is 0. The highest BCUT2D eigenvalue weighted by Crippen LogP contribution is 2.44. The van der Waals surface area contributed by atoms with Crippen molar-refractivity contribution in [1.29, 1.82) is 0 Å². The van der Waals surface area contributed by atoms with Gasteiger partial charge in [0.05, 0.1) is 0 Å². The van der Waals surface area contributed by atoms with Crippen molar-refractivity contribution in [2.24, 2.45) is 0 Å². The molecule has 0 spiro atoms. The number of carboxylic acid groups (broad SMARTS) is 1. The summed E-state index contributed by atoms with van der Waals surface area (Å²) in [5, 5.41) is 18.7. The first-order valence-corrected chi connectivity index (χ1v) is 9.73. The number of aliphatic carboxylic acids is 1. The second-order valence-electron chi connectivity index (χ2n) is 5.70. The third-order valence-electron chi connectivity index (χ3n) is 4.07. The SMILES string of the molecule is O=C(O)C1=C(Sc2ncn[nH]2)CS[C@@H]2[C@H](NC(=O)c3ccccc3)C(=O)N12. The fourth-order valence-corrected chi connectivity index (χ4v) is 5.19. The van der Waals surface area contributed by atoms with Crippen LogP contribution in [0.25, 0.3) is 0 Å². The molecule has 1 aromatic carbocycles. The molecule has 2 atom stereocenters. The summed E-state index contributed by atoms with van der Waals surface area (Å²) in [5.74, 6) is -1.61. The van der Waals surface area contributed by atoms with E-state index in [-0.39, 0.29) is 11.6 Å². The number of aromatic amines is 1. The number of aromatic nitrogens is 3. The molecule has 2 amide bonds. The molecule has 138 valence electrons. The standard InChI is InChI=1S/C16H13N5O4S2/c22-12(8-4-2-1-3-5-8)19-10-13(23)21-11(15(24)25)9(6-26-14(10)21)27-16-17-7-18-20-16/h1-5,7,10,14H,6H2,(H,19,22)(H,24,25)(H,17,18,20)/t10-,14-/m1/s1. The lowest BCUT2D eigenvalue weighted by Crippen LogP contribution is -2.70. The Kier molecular flexibility index (Phi) is 4.62. The number of carboxylic acids is 1. The van der Waals surface area contributed by atoms with Gasteiger partial charge in [0, 0.05) is 16.2 Å². The first kappa shape index (κ1) is 17.6. The average Bonchev–Trinajstić information content (AvgIpc) is 3.19. The number of β-lactam (4-membered cyclic amide) rings is 1. The molecular formula is C16H13N5O4S2. The maximum atomic E-state index is 12.6. The number of carbonyl (C=O) groups is 3. The Labute approximate surface area is 161 Å². The summed E-state index contributed by atoms with van der Waals surface area (Å²) >= 11 is 2.53. The van der Waals surface area contributed by atoms with E-state index in [0.29, 0.717) is 21.4 Å². The number of benzene rings is 1. The van der Waals surface area contributed by atoms with Gasteiger partial charge in [-0.1, -0.05) is 30.0 Å². The molecular weight excluding hydrogens is 390 g/mol. The maximum absolute atomic E-state index is 12.6. The minimum atomic E-state index is -1.19. The van der Waals surface area contributed by atoms with Crippen LogP contribution in [0.5, 0.6) is 0 Å². The van der Waals surface area contributed by atoms with Crippen molar-refractivity contribution in [2.75, 3.05) is 5.75 Å². The Bertz CT molecular complexity index is 932. The van der Waals surface area contributed by atoms with Crippen LogP contribution in [0.4, 0.5) is 0 Å². The van der Waals surface area contributed by atoms with Crippen LogP contribution < -0.4 is 5.32 Å². The van der Waals surface area contributed by atoms with Gasteiger partial charge in [-0.2, -0.15) is 5.10 Å². The van der Waals surface area contributed by atoms with Gasteiger partial charge in [-0.15, -0.1) is 11.8 Å². The summed E-state index contributed by atoms with van der Waals surface area (Å²) < 4.78 is 0. The van der Waals surface area contributed by atoms with Crippen LogP contribution in [-0.4, -0.2) is 60.1 Å². The molecule has 3 heterocycles. The van der Waals surface area contributed by atoms with E-state index in [1.54, 1.807) is 30.3 Å². The van der Waals surface area contributed by atoms with Crippen LogP contribution in [-0.2, 0) is 9.59 Å². The van der Waals surface area contributed by atoms with E-state index in [2.05, 4.69) is 20.5 Å². The number of nitrogens with zero attached hydrogens (tertiary/aromatic N) is 3. The summed E-state index contributed by atoms with van der Waals surface area (Å²) in [6.45, 7) is 0. The van der Waals surface area contributed by atoms with E-state index in [4.69, 9.17) is 0 Å². The molecule has 1 aromatic heterocycles. The third kappa shape index (κ3) is 3.19. The molecule has 0 radical (unpaired) electrons. The molecule has 1 saturated heterocycles. The van der Waals surface area contributed by atoms with Crippen LogP contribution in [0, 0.1) is 0 Å². The van der Waals surface area contributed by atoms with Gasteiger partial charge in [0.2, 0.25) is 0 Å². The number of fused-ring (bicyclic) bond motifs is 1. The van der Waals surface area contributed by atoms with Crippen LogP contribution in [0.15, 0.2) is 52.4 Å². The molecule has 1 fully saturated rings. The number of H-pyrrole nitrogens is 1. The normalized spacial score (nSPS) is 21.5. The highest BCUT2D eigenvalue weighted by atomic mass is 32.2. The zero-order valence-corrected chi connectivity index (χ0v) is 15.3.